The lowest BCUT2D eigenvalue weighted by atomic mass is 10.2. The zero-order chi connectivity index (χ0) is 20.1. The number of aromatic nitrogens is 2. The second-order valence-corrected chi connectivity index (χ2v) is 6.06. The van der Waals surface area contributed by atoms with E-state index in [0.717, 1.165) is 12.3 Å². The third-order valence-electron chi connectivity index (χ3n) is 3.98. The number of imidazole rings is 1. The monoisotopic (exact) mass is 390 g/mol. The predicted octanol–water partition coefficient (Wildman–Crippen LogP) is 2.44. The number of halogens is 3. The highest BCUT2D eigenvalue weighted by molar-refractivity contribution is 5.96. The number of nitrogens with zero attached hydrogens (tertiary/aromatic N) is 2. The zero-order valence-corrected chi connectivity index (χ0v) is 14.7. The molecular formula is C19H17F3N4O2. The van der Waals surface area contributed by atoms with E-state index >= 15 is 0 Å². The summed E-state index contributed by atoms with van der Waals surface area (Å²) < 4.78 is 39.5. The van der Waals surface area contributed by atoms with Gasteiger partial charge in [-0.3, -0.25) is 9.59 Å². The number of rotatable bonds is 6. The summed E-state index contributed by atoms with van der Waals surface area (Å²) in [5, 5.41) is 5.15. The first-order chi connectivity index (χ1) is 13.3. The second-order valence-electron chi connectivity index (χ2n) is 6.06. The van der Waals surface area contributed by atoms with Crippen LogP contribution in [0.4, 0.5) is 13.2 Å². The van der Waals surface area contributed by atoms with Crippen LogP contribution in [0.5, 0.6) is 0 Å². The lowest BCUT2D eigenvalue weighted by molar-refractivity contribution is -0.137. The summed E-state index contributed by atoms with van der Waals surface area (Å²) in [5.41, 5.74) is 0.641. The molecule has 0 saturated heterocycles. The molecule has 1 aromatic carbocycles. The van der Waals surface area contributed by atoms with Crippen LogP contribution in [-0.2, 0) is 17.4 Å². The molecule has 0 aliphatic carbocycles. The molecule has 0 aliphatic heterocycles. The van der Waals surface area contributed by atoms with E-state index in [-0.39, 0.29) is 24.9 Å². The van der Waals surface area contributed by atoms with E-state index in [1.54, 1.807) is 30.3 Å². The molecule has 0 fully saturated rings. The van der Waals surface area contributed by atoms with Crippen molar-refractivity contribution in [1.82, 2.24) is 20.0 Å². The molecule has 9 heteroatoms. The summed E-state index contributed by atoms with van der Waals surface area (Å²) in [6, 6.07) is 10.8. The van der Waals surface area contributed by atoms with Crippen LogP contribution in [0.1, 0.15) is 21.6 Å². The normalized spacial score (nSPS) is 11.4. The molecular weight excluding hydrogens is 373 g/mol. The summed E-state index contributed by atoms with van der Waals surface area (Å²) in [6.07, 6.45) is -1.60. The van der Waals surface area contributed by atoms with E-state index in [9.17, 15) is 22.8 Å². The van der Waals surface area contributed by atoms with E-state index in [1.807, 2.05) is 0 Å². The first-order valence-corrected chi connectivity index (χ1v) is 8.48. The second kappa shape index (κ2) is 8.12. The lowest BCUT2D eigenvalue weighted by Crippen LogP contribution is -2.37. The summed E-state index contributed by atoms with van der Waals surface area (Å²) in [5.74, 6) is -0.719. The number of amides is 2. The highest BCUT2D eigenvalue weighted by atomic mass is 19.4. The summed E-state index contributed by atoms with van der Waals surface area (Å²) in [6.45, 7) is 0.0733. The van der Waals surface area contributed by atoms with Gasteiger partial charge in [-0.15, -0.1) is 0 Å². The highest BCUT2D eigenvalue weighted by Crippen LogP contribution is 2.29. The SMILES string of the molecule is O=C(CNC(=O)c1ccccc1)NCCc1cn2cc(C(F)(F)F)ccc2n1. The van der Waals surface area contributed by atoms with Gasteiger partial charge in [0.15, 0.2) is 0 Å². The molecule has 28 heavy (non-hydrogen) atoms. The topological polar surface area (TPSA) is 75.5 Å². The molecule has 0 bridgehead atoms. The molecule has 3 aromatic rings. The molecule has 0 unspecified atom stereocenters. The number of alkyl halides is 3. The number of benzene rings is 1. The minimum atomic E-state index is -4.42. The first kappa shape index (κ1) is 19.4. The van der Waals surface area contributed by atoms with Gasteiger partial charge in [0.25, 0.3) is 5.91 Å². The van der Waals surface area contributed by atoms with Crippen molar-refractivity contribution in [3.05, 3.63) is 71.7 Å². The minimum absolute atomic E-state index is 0.173. The molecule has 0 saturated carbocycles. The number of fused-ring (bicyclic) bond motifs is 1. The van der Waals surface area contributed by atoms with Crippen molar-refractivity contribution in [3.63, 3.8) is 0 Å². The number of hydrogen-bond acceptors (Lipinski definition) is 3. The maximum absolute atomic E-state index is 12.7. The fraction of sp³-hybridized carbons (Fsp3) is 0.211. The highest BCUT2D eigenvalue weighted by Gasteiger charge is 2.30. The van der Waals surface area contributed by atoms with Gasteiger partial charge in [0.05, 0.1) is 17.8 Å². The van der Waals surface area contributed by atoms with Gasteiger partial charge in [-0.2, -0.15) is 13.2 Å². The van der Waals surface area contributed by atoms with Crippen LogP contribution in [0.3, 0.4) is 0 Å². The smallest absolute Gasteiger partial charge is 0.354 e. The first-order valence-electron chi connectivity index (χ1n) is 8.48. The number of carbonyl (C=O) groups excluding carboxylic acids is 2. The van der Waals surface area contributed by atoms with Crippen molar-refractivity contribution in [2.45, 2.75) is 12.6 Å². The van der Waals surface area contributed by atoms with Gasteiger partial charge in [0.2, 0.25) is 5.91 Å². The Kier molecular flexibility index (Phi) is 5.62. The minimum Gasteiger partial charge on any atom is -0.354 e. The summed E-state index contributed by atoms with van der Waals surface area (Å²) >= 11 is 0. The molecule has 3 rings (SSSR count). The number of nitrogens with one attached hydrogen (secondary N) is 2. The third kappa shape index (κ3) is 4.87. The largest absolute Gasteiger partial charge is 0.417 e. The fourth-order valence-corrected chi connectivity index (χ4v) is 2.58. The van der Waals surface area contributed by atoms with E-state index in [0.29, 0.717) is 23.3 Å². The van der Waals surface area contributed by atoms with Crippen molar-refractivity contribution in [3.8, 4) is 0 Å². The van der Waals surface area contributed by atoms with Crippen molar-refractivity contribution in [1.29, 1.82) is 0 Å². The van der Waals surface area contributed by atoms with Gasteiger partial charge in [-0.1, -0.05) is 18.2 Å². The summed E-state index contributed by atoms with van der Waals surface area (Å²) in [4.78, 5) is 27.9. The Morgan fingerprint density at radius 1 is 1.00 bits per heavy atom. The van der Waals surface area contributed by atoms with Crippen LogP contribution in [-0.4, -0.2) is 34.3 Å². The Labute approximate surface area is 158 Å². The third-order valence-corrected chi connectivity index (χ3v) is 3.98. The van der Waals surface area contributed by atoms with Crippen LogP contribution in [0, 0.1) is 0 Å². The van der Waals surface area contributed by atoms with E-state index < -0.39 is 11.7 Å². The number of pyridine rings is 1. The molecule has 2 N–H and O–H groups in total. The molecule has 2 heterocycles. The van der Waals surface area contributed by atoms with Crippen molar-refractivity contribution in [2.75, 3.05) is 13.1 Å². The van der Waals surface area contributed by atoms with Crippen molar-refractivity contribution >= 4 is 17.5 Å². The molecule has 2 amide bonds. The maximum atomic E-state index is 12.7. The molecule has 0 atom stereocenters. The average Bonchev–Trinajstić information content (AvgIpc) is 3.08. The van der Waals surface area contributed by atoms with Gasteiger partial charge in [-0.05, 0) is 24.3 Å². The van der Waals surface area contributed by atoms with Gasteiger partial charge in [0, 0.05) is 30.9 Å². The average molecular weight is 390 g/mol. The van der Waals surface area contributed by atoms with Crippen molar-refractivity contribution in [2.24, 2.45) is 0 Å². The van der Waals surface area contributed by atoms with Crippen LogP contribution in [0.15, 0.2) is 54.9 Å². The van der Waals surface area contributed by atoms with Crippen LogP contribution >= 0.6 is 0 Å². The quantitative estimate of drug-likeness (QED) is 0.679. The van der Waals surface area contributed by atoms with Crippen molar-refractivity contribution < 1.29 is 22.8 Å². The Hall–Kier alpha value is -3.36. The Morgan fingerprint density at radius 2 is 1.75 bits per heavy atom. The molecule has 0 aliphatic rings. The Balaban J connectivity index is 1.48. The Bertz CT molecular complexity index is 984. The van der Waals surface area contributed by atoms with Gasteiger partial charge >= 0.3 is 6.18 Å². The van der Waals surface area contributed by atoms with Gasteiger partial charge < -0.3 is 15.0 Å². The van der Waals surface area contributed by atoms with Gasteiger partial charge in [0.1, 0.15) is 5.65 Å². The van der Waals surface area contributed by atoms with Crippen LogP contribution in [0.2, 0.25) is 0 Å². The molecule has 146 valence electrons. The van der Waals surface area contributed by atoms with Gasteiger partial charge in [-0.25, -0.2) is 4.98 Å². The van der Waals surface area contributed by atoms with E-state index in [2.05, 4.69) is 15.6 Å². The van der Waals surface area contributed by atoms with E-state index in [1.165, 1.54) is 16.7 Å². The fourth-order valence-electron chi connectivity index (χ4n) is 2.58. The number of carbonyl (C=O) groups is 2. The summed E-state index contributed by atoms with van der Waals surface area (Å²) in [7, 11) is 0. The Morgan fingerprint density at radius 3 is 2.46 bits per heavy atom. The molecule has 6 nitrogen and oxygen atoms in total. The van der Waals surface area contributed by atoms with E-state index in [4.69, 9.17) is 0 Å². The van der Waals surface area contributed by atoms with Crippen LogP contribution in [0.25, 0.3) is 5.65 Å². The predicted molar refractivity (Wildman–Crippen MR) is 95.7 cm³/mol. The maximum Gasteiger partial charge on any atom is 0.417 e. The molecule has 0 spiro atoms. The standard InChI is InChI=1S/C19H17F3N4O2/c20-19(21,22)14-6-7-16-25-15(12-26(16)11-14)8-9-23-17(27)10-24-18(28)13-4-2-1-3-5-13/h1-7,11-12H,8-10H2,(H,23,27)(H,24,28). The molecule has 0 radical (unpaired) electrons. The molecule has 2 aromatic heterocycles. The zero-order valence-electron chi connectivity index (χ0n) is 14.7. The van der Waals surface area contributed by atoms with Crippen LogP contribution < -0.4 is 10.6 Å². The lowest BCUT2D eigenvalue weighted by Gasteiger charge is -2.06. The number of hydrogen-bond donors (Lipinski definition) is 2.